The lowest BCUT2D eigenvalue weighted by atomic mass is 10.2. The smallest absolute Gasteiger partial charge is 0.237 e. The van der Waals surface area contributed by atoms with Gasteiger partial charge in [0.25, 0.3) is 0 Å². The molecule has 0 aliphatic heterocycles. The van der Waals surface area contributed by atoms with Crippen molar-refractivity contribution in [3.8, 4) is 12.3 Å². The zero-order chi connectivity index (χ0) is 11.8. The number of terminal acetylenes is 1. The minimum absolute atomic E-state index is 0.202. The van der Waals surface area contributed by atoms with Crippen LogP contribution in [0.15, 0.2) is 24.5 Å². The first-order chi connectivity index (χ1) is 7.74. The standard InChI is InChI=1S/C12H15N3O/c1-2-3-11(13)12(16)15-9-6-10-4-7-14-8-5-10/h1,4-5,7-8,11H,3,6,9,13H2,(H,15,16). The van der Waals surface area contributed by atoms with Crippen molar-refractivity contribution in [2.24, 2.45) is 5.73 Å². The molecule has 1 atom stereocenters. The summed E-state index contributed by atoms with van der Waals surface area (Å²) in [6.07, 6.45) is 9.54. The summed E-state index contributed by atoms with van der Waals surface area (Å²) in [6, 6.07) is 3.21. The number of rotatable bonds is 5. The second-order valence-electron chi connectivity index (χ2n) is 3.41. The maximum atomic E-state index is 11.4. The zero-order valence-corrected chi connectivity index (χ0v) is 9.02. The Kier molecular flexibility index (Phi) is 5.03. The van der Waals surface area contributed by atoms with E-state index in [1.54, 1.807) is 12.4 Å². The van der Waals surface area contributed by atoms with Gasteiger partial charge in [-0.1, -0.05) is 0 Å². The van der Waals surface area contributed by atoms with Crippen LogP contribution in [-0.2, 0) is 11.2 Å². The van der Waals surface area contributed by atoms with Gasteiger partial charge in [-0.3, -0.25) is 9.78 Å². The molecule has 0 aliphatic rings. The number of carbonyl (C=O) groups excluding carboxylic acids is 1. The van der Waals surface area contributed by atoms with Crippen LogP contribution in [-0.4, -0.2) is 23.5 Å². The summed E-state index contributed by atoms with van der Waals surface area (Å²) < 4.78 is 0. The highest BCUT2D eigenvalue weighted by molar-refractivity contribution is 5.81. The summed E-state index contributed by atoms with van der Waals surface area (Å²) in [7, 11) is 0. The lowest BCUT2D eigenvalue weighted by molar-refractivity contribution is -0.122. The molecule has 1 heterocycles. The van der Waals surface area contributed by atoms with E-state index in [9.17, 15) is 4.79 Å². The van der Waals surface area contributed by atoms with Gasteiger partial charge in [-0.05, 0) is 24.1 Å². The summed E-state index contributed by atoms with van der Waals surface area (Å²) in [4.78, 5) is 15.3. The molecular weight excluding hydrogens is 202 g/mol. The molecule has 0 spiro atoms. The minimum atomic E-state index is -0.609. The maximum Gasteiger partial charge on any atom is 0.237 e. The van der Waals surface area contributed by atoms with Crippen molar-refractivity contribution in [2.45, 2.75) is 18.9 Å². The fourth-order valence-corrected chi connectivity index (χ4v) is 1.23. The number of nitrogens with two attached hydrogens (primary N) is 1. The molecule has 1 aromatic heterocycles. The minimum Gasteiger partial charge on any atom is -0.354 e. The molecule has 1 unspecified atom stereocenters. The Balaban J connectivity index is 2.26. The lowest BCUT2D eigenvalue weighted by Crippen LogP contribution is -2.41. The van der Waals surface area contributed by atoms with E-state index in [-0.39, 0.29) is 12.3 Å². The average Bonchev–Trinajstić information content (AvgIpc) is 2.30. The molecule has 1 rings (SSSR count). The van der Waals surface area contributed by atoms with E-state index >= 15 is 0 Å². The molecule has 0 saturated carbocycles. The third kappa shape index (κ3) is 4.11. The van der Waals surface area contributed by atoms with Gasteiger partial charge in [0.15, 0.2) is 0 Å². The number of pyridine rings is 1. The van der Waals surface area contributed by atoms with Crippen molar-refractivity contribution < 1.29 is 4.79 Å². The third-order valence-electron chi connectivity index (χ3n) is 2.14. The quantitative estimate of drug-likeness (QED) is 0.687. The number of nitrogens with zero attached hydrogens (tertiary/aromatic N) is 1. The van der Waals surface area contributed by atoms with Gasteiger partial charge in [-0.15, -0.1) is 12.3 Å². The largest absolute Gasteiger partial charge is 0.354 e. The van der Waals surface area contributed by atoms with Crippen LogP contribution in [0.5, 0.6) is 0 Å². The lowest BCUT2D eigenvalue weighted by Gasteiger charge is -2.09. The molecule has 0 saturated heterocycles. The van der Waals surface area contributed by atoms with Gasteiger partial charge in [0, 0.05) is 25.4 Å². The summed E-state index contributed by atoms with van der Waals surface area (Å²) in [6.45, 7) is 0.557. The highest BCUT2D eigenvalue weighted by Crippen LogP contribution is 1.96. The Bertz CT molecular complexity index is 370. The molecule has 0 fully saturated rings. The van der Waals surface area contributed by atoms with Crippen LogP contribution in [0.4, 0.5) is 0 Å². The summed E-state index contributed by atoms with van der Waals surface area (Å²) >= 11 is 0. The summed E-state index contributed by atoms with van der Waals surface area (Å²) in [5.74, 6) is 2.16. The Morgan fingerprint density at radius 2 is 2.25 bits per heavy atom. The molecule has 4 heteroatoms. The van der Waals surface area contributed by atoms with Crippen molar-refractivity contribution in [1.82, 2.24) is 10.3 Å². The number of amides is 1. The monoisotopic (exact) mass is 217 g/mol. The Morgan fingerprint density at radius 3 is 2.88 bits per heavy atom. The number of aromatic nitrogens is 1. The van der Waals surface area contributed by atoms with Crippen LogP contribution < -0.4 is 11.1 Å². The van der Waals surface area contributed by atoms with Crippen molar-refractivity contribution in [3.63, 3.8) is 0 Å². The third-order valence-corrected chi connectivity index (χ3v) is 2.14. The SMILES string of the molecule is C#CCC(N)C(=O)NCCc1ccncc1. The van der Waals surface area contributed by atoms with Gasteiger partial charge in [0.2, 0.25) is 5.91 Å². The number of nitrogens with one attached hydrogen (secondary N) is 1. The highest BCUT2D eigenvalue weighted by Gasteiger charge is 2.10. The predicted molar refractivity (Wildman–Crippen MR) is 62.4 cm³/mol. The van der Waals surface area contributed by atoms with Crippen LogP contribution in [0.1, 0.15) is 12.0 Å². The molecule has 1 aromatic rings. The van der Waals surface area contributed by atoms with Crippen LogP contribution in [0, 0.1) is 12.3 Å². The summed E-state index contributed by atoms with van der Waals surface area (Å²) in [5, 5.41) is 2.74. The van der Waals surface area contributed by atoms with Crippen molar-refractivity contribution >= 4 is 5.91 Å². The van der Waals surface area contributed by atoms with Gasteiger partial charge >= 0.3 is 0 Å². The fourth-order valence-electron chi connectivity index (χ4n) is 1.23. The second kappa shape index (κ2) is 6.59. The van der Waals surface area contributed by atoms with E-state index in [1.807, 2.05) is 12.1 Å². The van der Waals surface area contributed by atoms with E-state index in [1.165, 1.54) is 0 Å². The number of hydrogen-bond acceptors (Lipinski definition) is 3. The second-order valence-corrected chi connectivity index (χ2v) is 3.41. The fraction of sp³-hybridized carbons (Fsp3) is 0.333. The van der Waals surface area contributed by atoms with Crippen molar-refractivity contribution in [1.29, 1.82) is 0 Å². The maximum absolute atomic E-state index is 11.4. The van der Waals surface area contributed by atoms with Gasteiger partial charge in [0.05, 0.1) is 6.04 Å². The molecule has 0 radical (unpaired) electrons. The first kappa shape index (κ1) is 12.2. The summed E-state index contributed by atoms with van der Waals surface area (Å²) in [5.41, 5.74) is 6.67. The van der Waals surface area contributed by atoms with Crippen LogP contribution in [0.25, 0.3) is 0 Å². The molecule has 0 aromatic carbocycles. The molecule has 3 N–H and O–H groups in total. The van der Waals surface area contributed by atoms with Gasteiger partial charge in [-0.25, -0.2) is 0 Å². The van der Waals surface area contributed by atoms with Gasteiger partial charge < -0.3 is 11.1 Å². The number of carbonyl (C=O) groups is 1. The highest BCUT2D eigenvalue weighted by atomic mass is 16.2. The molecular formula is C12H15N3O. The van der Waals surface area contributed by atoms with Crippen LogP contribution in [0.3, 0.4) is 0 Å². The molecule has 0 aliphatic carbocycles. The first-order valence-corrected chi connectivity index (χ1v) is 5.09. The molecule has 0 bridgehead atoms. The van der Waals surface area contributed by atoms with Crippen molar-refractivity contribution in [3.05, 3.63) is 30.1 Å². The average molecular weight is 217 g/mol. The van der Waals surface area contributed by atoms with E-state index in [0.717, 1.165) is 12.0 Å². The Labute approximate surface area is 95.3 Å². The molecule has 16 heavy (non-hydrogen) atoms. The zero-order valence-electron chi connectivity index (χ0n) is 9.02. The Hall–Kier alpha value is -1.86. The Morgan fingerprint density at radius 1 is 1.56 bits per heavy atom. The van der Waals surface area contributed by atoms with E-state index in [4.69, 9.17) is 12.2 Å². The van der Waals surface area contributed by atoms with Crippen LogP contribution in [0.2, 0.25) is 0 Å². The van der Waals surface area contributed by atoms with E-state index in [2.05, 4.69) is 16.2 Å². The van der Waals surface area contributed by atoms with Crippen molar-refractivity contribution in [2.75, 3.05) is 6.54 Å². The van der Waals surface area contributed by atoms with Gasteiger partial charge in [-0.2, -0.15) is 0 Å². The number of hydrogen-bond donors (Lipinski definition) is 2. The van der Waals surface area contributed by atoms with E-state index in [0.29, 0.717) is 6.54 Å². The molecule has 84 valence electrons. The van der Waals surface area contributed by atoms with E-state index < -0.39 is 6.04 Å². The predicted octanol–water partition coefficient (Wildman–Crippen LogP) is 0.0909. The molecule has 4 nitrogen and oxygen atoms in total. The topological polar surface area (TPSA) is 68.0 Å². The normalized spacial score (nSPS) is 11.5. The first-order valence-electron chi connectivity index (χ1n) is 5.09. The molecule has 1 amide bonds. The van der Waals surface area contributed by atoms with Gasteiger partial charge in [0.1, 0.15) is 0 Å². The van der Waals surface area contributed by atoms with Crippen LogP contribution >= 0.6 is 0 Å².